The fourth-order valence-electron chi connectivity index (χ4n) is 3.56. The largest absolute Gasteiger partial charge is 0.358 e. The highest BCUT2D eigenvalue weighted by atomic mass is 16.2. The van der Waals surface area contributed by atoms with Crippen LogP contribution in [0.15, 0.2) is 12.1 Å². The van der Waals surface area contributed by atoms with Crippen molar-refractivity contribution in [3.8, 4) is 0 Å². The molecule has 3 rings (SSSR count). The SMILES string of the molecule is Cc1cc(CNC(=O)CN2CCCCCC2=O)c2[nH]c(C)c(C)c2c1. The van der Waals surface area contributed by atoms with Crippen molar-refractivity contribution >= 4 is 22.7 Å². The minimum Gasteiger partial charge on any atom is -0.358 e. The number of aromatic nitrogens is 1. The van der Waals surface area contributed by atoms with Crippen LogP contribution in [-0.2, 0) is 16.1 Å². The Morgan fingerprint density at radius 2 is 2.00 bits per heavy atom. The van der Waals surface area contributed by atoms with Gasteiger partial charge in [-0.15, -0.1) is 0 Å². The Balaban J connectivity index is 1.69. The Morgan fingerprint density at radius 1 is 1.20 bits per heavy atom. The Bertz CT molecular complexity index is 807. The van der Waals surface area contributed by atoms with E-state index in [1.807, 2.05) is 0 Å². The van der Waals surface area contributed by atoms with Gasteiger partial charge in [0.25, 0.3) is 0 Å². The number of nitrogens with one attached hydrogen (secondary N) is 2. The van der Waals surface area contributed by atoms with Gasteiger partial charge in [-0.2, -0.15) is 0 Å². The Morgan fingerprint density at radius 3 is 2.80 bits per heavy atom. The van der Waals surface area contributed by atoms with E-state index in [0.717, 1.165) is 36.0 Å². The Hall–Kier alpha value is -2.30. The van der Waals surface area contributed by atoms with Crippen LogP contribution >= 0.6 is 0 Å². The molecule has 0 unspecified atom stereocenters. The van der Waals surface area contributed by atoms with Gasteiger partial charge in [0.1, 0.15) is 0 Å². The maximum atomic E-state index is 12.3. The van der Waals surface area contributed by atoms with Crippen LogP contribution in [0.4, 0.5) is 0 Å². The second-order valence-corrected chi connectivity index (χ2v) is 7.12. The van der Waals surface area contributed by atoms with Crippen LogP contribution in [0.25, 0.3) is 10.9 Å². The number of H-pyrrole nitrogens is 1. The molecule has 134 valence electrons. The zero-order chi connectivity index (χ0) is 18.0. The van der Waals surface area contributed by atoms with Crippen LogP contribution in [0, 0.1) is 20.8 Å². The van der Waals surface area contributed by atoms with Crippen molar-refractivity contribution in [3.63, 3.8) is 0 Å². The molecule has 2 aromatic rings. The lowest BCUT2D eigenvalue weighted by Crippen LogP contribution is -2.40. The topological polar surface area (TPSA) is 65.2 Å². The summed E-state index contributed by atoms with van der Waals surface area (Å²) in [5, 5.41) is 4.19. The zero-order valence-corrected chi connectivity index (χ0v) is 15.4. The standard InChI is InChI=1S/C20H27N3O2/c1-13-9-16(20-17(10-13)14(2)15(3)22-20)11-21-18(24)12-23-8-6-4-5-7-19(23)25/h9-10,22H,4-8,11-12H2,1-3H3,(H,21,24). The number of hydrogen-bond acceptors (Lipinski definition) is 2. The summed E-state index contributed by atoms with van der Waals surface area (Å²) in [6, 6.07) is 4.28. The Labute approximate surface area is 148 Å². The van der Waals surface area contributed by atoms with Crippen LogP contribution in [0.1, 0.15) is 48.1 Å². The average Bonchev–Trinajstić information content (AvgIpc) is 2.73. The lowest BCUT2D eigenvalue weighted by atomic mass is 10.0. The highest BCUT2D eigenvalue weighted by molar-refractivity contribution is 5.89. The summed E-state index contributed by atoms with van der Waals surface area (Å²) in [5.41, 5.74) is 5.76. The summed E-state index contributed by atoms with van der Waals surface area (Å²) in [5.74, 6) is 0.00567. The van der Waals surface area contributed by atoms with Gasteiger partial charge in [-0.25, -0.2) is 0 Å². The molecule has 0 radical (unpaired) electrons. The van der Waals surface area contributed by atoms with Gasteiger partial charge in [-0.1, -0.05) is 18.1 Å². The number of hydrogen-bond donors (Lipinski definition) is 2. The quantitative estimate of drug-likeness (QED) is 0.897. The normalized spacial score (nSPS) is 15.5. The number of benzene rings is 1. The lowest BCUT2D eigenvalue weighted by Gasteiger charge is -2.20. The van der Waals surface area contributed by atoms with Crippen LogP contribution < -0.4 is 5.32 Å². The van der Waals surface area contributed by atoms with E-state index in [0.29, 0.717) is 19.5 Å². The number of nitrogens with zero attached hydrogens (tertiary/aromatic N) is 1. The third-order valence-electron chi connectivity index (χ3n) is 5.13. The van der Waals surface area contributed by atoms with Crippen molar-refractivity contribution in [1.82, 2.24) is 15.2 Å². The number of likely N-dealkylation sites (tertiary alicyclic amines) is 1. The second-order valence-electron chi connectivity index (χ2n) is 7.12. The molecule has 0 aliphatic carbocycles. The van der Waals surface area contributed by atoms with Gasteiger partial charge in [-0.05, 0) is 50.8 Å². The molecule has 0 spiro atoms. The fourth-order valence-corrected chi connectivity index (χ4v) is 3.56. The van der Waals surface area contributed by atoms with E-state index in [-0.39, 0.29) is 18.4 Å². The summed E-state index contributed by atoms with van der Waals surface area (Å²) in [6.07, 6.45) is 3.55. The summed E-state index contributed by atoms with van der Waals surface area (Å²) >= 11 is 0. The van der Waals surface area contributed by atoms with Gasteiger partial charge in [-0.3, -0.25) is 9.59 Å². The third kappa shape index (κ3) is 3.86. The number of rotatable bonds is 4. The molecule has 2 amide bonds. The van der Waals surface area contributed by atoms with E-state index in [1.165, 1.54) is 16.5 Å². The monoisotopic (exact) mass is 341 g/mol. The van der Waals surface area contributed by atoms with Gasteiger partial charge in [0.05, 0.1) is 12.1 Å². The van der Waals surface area contributed by atoms with Gasteiger partial charge in [0.15, 0.2) is 0 Å². The van der Waals surface area contributed by atoms with Crippen LogP contribution in [-0.4, -0.2) is 34.8 Å². The molecule has 5 nitrogen and oxygen atoms in total. The van der Waals surface area contributed by atoms with E-state index in [2.05, 4.69) is 43.2 Å². The molecule has 1 fully saturated rings. The first-order chi connectivity index (χ1) is 12.0. The summed E-state index contributed by atoms with van der Waals surface area (Å²) in [7, 11) is 0. The molecular formula is C20H27N3O2. The van der Waals surface area contributed by atoms with Crippen molar-refractivity contribution in [2.45, 2.75) is 53.0 Å². The second kappa shape index (κ2) is 7.30. The molecule has 1 saturated heterocycles. The van der Waals surface area contributed by atoms with Crippen LogP contribution in [0.2, 0.25) is 0 Å². The minimum absolute atomic E-state index is 0.0927. The van der Waals surface area contributed by atoms with Crippen LogP contribution in [0.5, 0.6) is 0 Å². The number of amides is 2. The predicted octanol–water partition coefficient (Wildman–Crippen LogP) is 3.11. The lowest BCUT2D eigenvalue weighted by molar-refractivity contribution is -0.135. The molecule has 1 aliphatic rings. The first-order valence-corrected chi connectivity index (χ1v) is 9.08. The van der Waals surface area contributed by atoms with Gasteiger partial charge < -0.3 is 15.2 Å². The Kier molecular flexibility index (Phi) is 5.11. The maximum Gasteiger partial charge on any atom is 0.239 e. The molecule has 2 heterocycles. The molecule has 25 heavy (non-hydrogen) atoms. The van der Waals surface area contributed by atoms with Crippen LogP contribution in [0.3, 0.4) is 0 Å². The third-order valence-corrected chi connectivity index (χ3v) is 5.13. The highest BCUT2D eigenvalue weighted by Gasteiger charge is 2.19. The number of carbonyl (C=O) groups excluding carboxylic acids is 2. The summed E-state index contributed by atoms with van der Waals surface area (Å²) in [4.78, 5) is 29.5. The van der Waals surface area contributed by atoms with Gasteiger partial charge in [0.2, 0.25) is 11.8 Å². The van der Waals surface area contributed by atoms with E-state index in [9.17, 15) is 9.59 Å². The predicted molar refractivity (Wildman–Crippen MR) is 99.4 cm³/mol. The molecule has 1 aromatic carbocycles. The zero-order valence-electron chi connectivity index (χ0n) is 15.4. The van der Waals surface area contributed by atoms with E-state index >= 15 is 0 Å². The van der Waals surface area contributed by atoms with Crippen molar-refractivity contribution in [2.75, 3.05) is 13.1 Å². The maximum absolute atomic E-state index is 12.3. The van der Waals surface area contributed by atoms with E-state index in [1.54, 1.807) is 4.90 Å². The molecule has 1 aromatic heterocycles. The average molecular weight is 341 g/mol. The molecule has 5 heteroatoms. The molecule has 0 saturated carbocycles. The number of aromatic amines is 1. The number of fused-ring (bicyclic) bond motifs is 1. The smallest absolute Gasteiger partial charge is 0.239 e. The molecule has 0 bridgehead atoms. The van der Waals surface area contributed by atoms with Gasteiger partial charge in [0, 0.05) is 30.6 Å². The molecule has 1 aliphatic heterocycles. The number of carbonyl (C=O) groups is 2. The molecule has 2 N–H and O–H groups in total. The first kappa shape index (κ1) is 17.5. The number of aryl methyl sites for hydroxylation is 3. The fraction of sp³-hybridized carbons (Fsp3) is 0.500. The summed E-state index contributed by atoms with van der Waals surface area (Å²) in [6.45, 7) is 7.58. The molecular weight excluding hydrogens is 314 g/mol. The van der Waals surface area contributed by atoms with Crippen molar-refractivity contribution in [1.29, 1.82) is 0 Å². The first-order valence-electron chi connectivity index (χ1n) is 9.08. The molecule has 0 atom stereocenters. The summed E-state index contributed by atoms with van der Waals surface area (Å²) < 4.78 is 0. The van der Waals surface area contributed by atoms with Crippen molar-refractivity contribution in [3.05, 3.63) is 34.5 Å². The highest BCUT2D eigenvalue weighted by Crippen LogP contribution is 2.26. The van der Waals surface area contributed by atoms with E-state index < -0.39 is 0 Å². The van der Waals surface area contributed by atoms with Crippen molar-refractivity contribution in [2.24, 2.45) is 0 Å². The van der Waals surface area contributed by atoms with Gasteiger partial charge >= 0.3 is 0 Å². The van der Waals surface area contributed by atoms with E-state index in [4.69, 9.17) is 0 Å². The minimum atomic E-state index is -0.0927. The van der Waals surface area contributed by atoms with Crippen molar-refractivity contribution < 1.29 is 9.59 Å².